The molecule has 1 aliphatic rings. The molecule has 1 amide bonds. The fourth-order valence-electron chi connectivity index (χ4n) is 1.89. The monoisotopic (exact) mass is 185 g/mol. The average Bonchev–Trinajstić information content (AvgIpc) is 2.11. The van der Waals surface area contributed by atoms with Crippen molar-refractivity contribution in [2.45, 2.75) is 58.3 Å². The van der Waals surface area contributed by atoms with Crippen LogP contribution in [-0.4, -0.2) is 24.2 Å². The van der Waals surface area contributed by atoms with E-state index < -0.39 is 0 Å². The summed E-state index contributed by atoms with van der Waals surface area (Å²) in [6, 6.07) is 0.303. The van der Waals surface area contributed by atoms with Gasteiger partial charge in [0.05, 0.1) is 12.2 Å². The first-order valence-corrected chi connectivity index (χ1v) is 5.00. The molecule has 3 heteroatoms. The van der Waals surface area contributed by atoms with Crippen LogP contribution < -0.4 is 5.32 Å². The molecule has 0 aromatic rings. The van der Waals surface area contributed by atoms with E-state index in [0.717, 1.165) is 19.3 Å². The summed E-state index contributed by atoms with van der Waals surface area (Å²) >= 11 is 0. The highest BCUT2D eigenvalue weighted by Gasteiger charge is 2.21. The lowest BCUT2D eigenvalue weighted by Crippen LogP contribution is -2.34. The molecule has 3 unspecified atom stereocenters. The summed E-state index contributed by atoms with van der Waals surface area (Å²) < 4.78 is 5.67. The summed E-state index contributed by atoms with van der Waals surface area (Å²) in [5.74, 6) is 0.0618. The predicted molar refractivity (Wildman–Crippen MR) is 51.5 cm³/mol. The minimum atomic E-state index is 0.0618. The molecule has 3 nitrogen and oxygen atoms in total. The second-order valence-corrected chi connectivity index (χ2v) is 3.97. The average molecular weight is 185 g/mol. The number of carbonyl (C=O) groups is 1. The number of nitrogens with one attached hydrogen (secondary N) is 1. The van der Waals surface area contributed by atoms with Crippen molar-refractivity contribution < 1.29 is 9.53 Å². The number of carbonyl (C=O) groups excluding carboxylic acids is 1. The number of amides is 1. The van der Waals surface area contributed by atoms with Gasteiger partial charge in [0.25, 0.3) is 0 Å². The lowest BCUT2D eigenvalue weighted by atomic mass is 10.1. The summed E-state index contributed by atoms with van der Waals surface area (Å²) in [7, 11) is 0. The molecule has 13 heavy (non-hydrogen) atoms. The van der Waals surface area contributed by atoms with Crippen LogP contribution in [0.4, 0.5) is 0 Å². The first kappa shape index (κ1) is 10.5. The van der Waals surface area contributed by atoms with Crippen molar-refractivity contribution in [2.75, 3.05) is 0 Å². The van der Waals surface area contributed by atoms with Crippen LogP contribution in [0.25, 0.3) is 0 Å². The van der Waals surface area contributed by atoms with Crippen molar-refractivity contribution in [2.24, 2.45) is 0 Å². The van der Waals surface area contributed by atoms with E-state index in [1.54, 1.807) is 6.92 Å². The highest BCUT2D eigenvalue weighted by molar-refractivity contribution is 5.73. The quantitative estimate of drug-likeness (QED) is 0.671. The molecule has 0 radical (unpaired) electrons. The van der Waals surface area contributed by atoms with E-state index in [1.807, 2.05) is 0 Å². The molecular weight excluding hydrogens is 166 g/mol. The molecular formula is C10H19NO2. The van der Waals surface area contributed by atoms with E-state index >= 15 is 0 Å². The van der Waals surface area contributed by atoms with Gasteiger partial charge in [0.2, 0.25) is 5.91 Å². The molecule has 1 N–H and O–H groups in total. The maximum atomic E-state index is 10.9. The van der Waals surface area contributed by atoms with Crippen molar-refractivity contribution >= 4 is 5.91 Å². The first-order chi connectivity index (χ1) is 6.08. The molecule has 1 rings (SSSR count). The molecule has 0 aromatic heterocycles. The lowest BCUT2D eigenvalue weighted by Gasteiger charge is -2.17. The fourth-order valence-corrected chi connectivity index (χ4v) is 1.89. The standard InChI is InChI=1S/C10H19NO2/c1-7-4-5-10(11-9(3)12)6-8(2)13-7/h7-8,10H,4-6H2,1-3H3,(H,11,12). The lowest BCUT2D eigenvalue weighted by molar-refractivity contribution is -0.119. The maximum absolute atomic E-state index is 10.9. The minimum absolute atomic E-state index is 0.0618. The summed E-state index contributed by atoms with van der Waals surface area (Å²) in [5.41, 5.74) is 0. The van der Waals surface area contributed by atoms with Gasteiger partial charge in [-0.1, -0.05) is 0 Å². The van der Waals surface area contributed by atoms with Crippen molar-refractivity contribution in [3.05, 3.63) is 0 Å². The van der Waals surface area contributed by atoms with Gasteiger partial charge in [0.15, 0.2) is 0 Å². The van der Waals surface area contributed by atoms with E-state index in [1.165, 1.54) is 0 Å². The van der Waals surface area contributed by atoms with Gasteiger partial charge in [-0.2, -0.15) is 0 Å². The van der Waals surface area contributed by atoms with Crippen molar-refractivity contribution in [1.82, 2.24) is 5.32 Å². The molecule has 1 fully saturated rings. The fraction of sp³-hybridized carbons (Fsp3) is 0.900. The Hall–Kier alpha value is -0.570. The van der Waals surface area contributed by atoms with E-state index in [-0.39, 0.29) is 12.0 Å². The molecule has 0 saturated carbocycles. The van der Waals surface area contributed by atoms with Crippen LogP contribution in [0, 0.1) is 0 Å². The summed E-state index contributed by atoms with van der Waals surface area (Å²) in [6.07, 6.45) is 3.59. The molecule has 1 saturated heterocycles. The maximum Gasteiger partial charge on any atom is 0.217 e. The van der Waals surface area contributed by atoms with E-state index in [2.05, 4.69) is 19.2 Å². The van der Waals surface area contributed by atoms with Crippen LogP contribution >= 0.6 is 0 Å². The zero-order valence-electron chi connectivity index (χ0n) is 8.67. The van der Waals surface area contributed by atoms with Gasteiger partial charge in [-0.3, -0.25) is 4.79 Å². The number of hydrogen-bond acceptors (Lipinski definition) is 2. The SMILES string of the molecule is CC(=O)NC1CCC(C)OC(C)C1. The van der Waals surface area contributed by atoms with E-state index in [4.69, 9.17) is 4.74 Å². The Morgan fingerprint density at radius 2 is 2.00 bits per heavy atom. The summed E-state index contributed by atoms with van der Waals surface area (Å²) in [5, 5.41) is 2.95. The summed E-state index contributed by atoms with van der Waals surface area (Å²) in [6.45, 7) is 5.73. The zero-order valence-corrected chi connectivity index (χ0v) is 8.67. The topological polar surface area (TPSA) is 38.3 Å². The van der Waals surface area contributed by atoms with Crippen LogP contribution in [0.3, 0.4) is 0 Å². The Kier molecular flexibility index (Phi) is 3.72. The molecule has 76 valence electrons. The van der Waals surface area contributed by atoms with Crippen molar-refractivity contribution in [3.63, 3.8) is 0 Å². The van der Waals surface area contributed by atoms with Crippen molar-refractivity contribution in [3.8, 4) is 0 Å². The van der Waals surface area contributed by atoms with Crippen LogP contribution in [0.1, 0.15) is 40.0 Å². The Morgan fingerprint density at radius 3 is 2.62 bits per heavy atom. The van der Waals surface area contributed by atoms with Crippen LogP contribution in [0.15, 0.2) is 0 Å². The molecule has 0 spiro atoms. The molecule has 0 aliphatic carbocycles. The van der Waals surface area contributed by atoms with Gasteiger partial charge < -0.3 is 10.1 Å². The Bertz CT molecular complexity index is 182. The van der Waals surface area contributed by atoms with Gasteiger partial charge >= 0.3 is 0 Å². The second-order valence-electron chi connectivity index (χ2n) is 3.97. The Morgan fingerprint density at radius 1 is 1.31 bits per heavy atom. The van der Waals surface area contributed by atoms with Gasteiger partial charge in [-0.25, -0.2) is 0 Å². The minimum Gasteiger partial charge on any atom is -0.375 e. The molecule has 0 bridgehead atoms. The van der Waals surface area contributed by atoms with Crippen LogP contribution in [0.2, 0.25) is 0 Å². The smallest absolute Gasteiger partial charge is 0.217 e. The second kappa shape index (κ2) is 4.61. The highest BCUT2D eigenvalue weighted by Crippen LogP contribution is 2.18. The molecule has 1 aliphatic heterocycles. The Balaban J connectivity index is 2.43. The van der Waals surface area contributed by atoms with Crippen molar-refractivity contribution in [1.29, 1.82) is 0 Å². The van der Waals surface area contributed by atoms with E-state index in [0.29, 0.717) is 12.1 Å². The van der Waals surface area contributed by atoms with E-state index in [9.17, 15) is 4.79 Å². The number of ether oxygens (including phenoxy) is 1. The molecule has 0 aromatic carbocycles. The van der Waals surface area contributed by atoms with Crippen LogP contribution in [-0.2, 0) is 9.53 Å². The number of hydrogen-bond donors (Lipinski definition) is 1. The van der Waals surface area contributed by atoms with Crippen LogP contribution in [0.5, 0.6) is 0 Å². The van der Waals surface area contributed by atoms with Gasteiger partial charge in [-0.15, -0.1) is 0 Å². The normalized spacial score (nSPS) is 35.2. The highest BCUT2D eigenvalue weighted by atomic mass is 16.5. The van der Waals surface area contributed by atoms with Gasteiger partial charge in [-0.05, 0) is 33.1 Å². The number of rotatable bonds is 1. The third-order valence-electron chi connectivity index (χ3n) is 2.41. The third kappa shape index (κ3) is 3.77. The molecule has 3 atom stereocenters. The van der Waals surface area contributed by atoms with Gasteiger partial charge in [0.1, 0.15) is 0 Å². The molecule has 1 heterocycles. The van der Waals surface area contributed by atoms with Gasteiger partial charge in [0, 0.05) is 13.0 Å². The zero-order chi connectivity index (χ0) is 9.84. The Labute approximate surface area is 79.8 Å². The first-order valence-electron chi connectivity index (χ1n) is 5.00. The summed E-state index contributed by atoms with van der Waals surface area (Å²) in [4.78, 5) is 10.9. The predicted octanol–water partition coefficient (Wildman–Crippen LogP) is 1.47. The third-order valence-corrected chi connectivity index (χ3v) is 2.41. The largest absolute Gasteiger partial charge is 0.375 e.